The van der Waals surface area contributed by atoms with Gasteiger partial charge in [-0.3, -0.25) is 24.5 Å². The second kappa shape index (κ2) is 9.46. The van der Waals surface area contributed by atoms with Gasteiger partial charge in [0.2, 0.25) is 0 Å². The molecule has 0 aliphatic carbocycles. The quantitative estimate of drug-likeness (QED) is 0.319. The Labute approximate surface area is 209 Å². The smallest absolute Gasteiger partial charge is 0.270 e. The number of hydrogen-bond donors (Lipinski definition) is 1. The molecule has 36 heavy (non-hydrogen) atoms. The maximum absolute atomic E-state index is 13.6. The molecule has 2 unspecified atom stereocenters. The lowest BCUT2D eigenvalue weighted by atomic mass is 9.83. The number of halogens is 1. The summed E-state index contributed by atoms with van der Waals surface area (Å²) >= 11 is 6.12. The highest BCUT2D eigenvalue weighted by atomic mass is 35.5. The molecule has 184 valence electrons. The van der Waals surface area contributed by atoms with E-state index in [1.807, 2.05) is 6.07 Å². The number of nitro benzene ring substituents is 1. The number of nitrogens with zero attached hydrogens (tertiary/aromatic N) is 3. The van der Waals surface area contributed by atoms with Gasteiger partial charge >= 0.3 is 0 Å². The molecule has 5 rings (SSSR count). The number of nitro groups is 1. The first-order chi connectivity index (χ1) is 17.3. The van der Waals surface area contributed by atoms with Crippen molar-refractivity contribution < 1.29 is 18.9 Å². The van der Waals surface area contributed by atoms with Crippen LogP contribution < -0.4 is 10.9 Å². The Morgan fingerprint density at radius 1 is 1.14 bits per heavy atom. The van der Waals surface area contributed by atoms with Gasteiger partial charge in [0.25, 0.3) is 23.1 Å². The van der Waals surface area contributed by atoms with Crippen molar-refractivity contribution in [3.63, 3.8) is 0 Å². The second-order valence-electron chi connectivity index (χ2n) is 8.86. The molecule has 2 aliphatic heterocycles. The third kappa shape index (κ3) is 4.55. The van der Waals surface area contributed by atoms with E-state index in [2.05, 4.69) is 5.32 Å². The van der Waals surface area contributed by atoms with Crippen LogP contribution in [-0.2, 0) is 11.3 Å². The Morgan fingerprint density at radius 2 is 1.97 bits per heavy atom. The summed E-state index contributed by atoms with van der Waals surface area (Å²) in [7, 11) is 0. The van der Waals surface area contributed by atoms with E-state index in [-0.39, 0.29) is 39.4 Å². The van der Waals surface area contributed by atoms with Gasteiger partial charge < -0.3 is 19.2 Å². The Morgan fingerprint density at radius 3 is 2.69 bits per heavy atom. The molecule has 1 N–H and O–H groups in total. The predicted octanol–water partition coefficient (Wildman–Crippen LogP) is 3.42. The van der Waals surface area contributed by atoms with Crippen molar-refractivity contribution in [2.75, 3.05) is 13.1 Å². The topological polar surface area (TPSA) is 128 Å². The zero-order chi connectivity index (χ0) is 25.4. The molecule has 2 aromatic heterocycles. The number of hydrogen-bond acceptors (Lipinski definition) is 6. The van der Waals surface area contributed by atoms with Crippen molar-refractivity contribution >= 4 is 35.2 Å². The fourth-order valence-electron chi connectivity index (χ4n) is 4.89. The number of amides is 2. The third-order valence-electron chi connectivity index (χ3n) is 6.48. The van der Waals surface area contributed by atoms with E-state index >= 15 is 0 Å². The predicted molar refractivity (Wildman–Crippen MR) is 130 cm³/mol. The number of fused-ring (bicyclic) bond motifs is 4. The van der Waals surface area contributed by atoms with Crippen LogP contribution in [0.4, 0.5) is 5.69 Å². The average Bonchev–Trinajstić information content (AvgIpc) is 3.36. The van der Waals surface area contributed by atoms with Crippen molar-refractivity contribution in [2.24, 2.45) is 5.92 Å². The van der Waals surface area contributed by atoms with Gasteiger partial charge in [0.15, 0.2) is 0 Å². The lowest BCUT2D eigenvalue weighted by Gasteiger charge is -2.42. The van der Waals surface area contributed by atoms with Crippen molar-refractivity contribution in [3.05, 3.63) is 103 Å². The molecule has 3 aromatic rings. The third-order valence-corrected chi connectivity index (χ3v) is 6.80. The second-order valence-corrected chi connectivity index (χ2v) is 9.26. The van der Waals surface area contributed by atoms with Crippen molar-refractivity contribution in [1.29, 1.82) is 0 Å². The minimum Gasteiger partial charge on any atom is -0.465 e. The summed E-state index contributed by atoms with van der Waals surface area (Å²) in [5, 5.41) is 13.5. The number of rotatable bonds is 5. The number of pyridine rings is 1. The van der Waals surface area contributed by atoms with E-state index in [9.17, 15) is 24.5 Å². The zero-order valence-electron chi connectivity index (χ0n) is 18.9. The highest BCUT2D eigenvalue weighted by Gasteiger charge is 2.37. The molecule has 1 saturated heterocycles. The molecule has 2 atom stereocenters. The van der Waals surface area contributed by atoms with E-state index < -0.39 is 16.7 Å². The van der Waals surface area contributed by atoms with Gasteiger partial charge in [0.05, 0.1) is 21.8 Å². The van der Waals surface area contributed by atoms with Gasteiger partial charge in [-0.2, -0.15) is 0 Å². The molecule has 2 amide bonds. The number of carbonyl (C=O) groups excluding carboxylic acids is 2. The van der Waals surface area contributed by atoms with Gasteiger partial charge in [0, 0.05) is 55.5 Å². The molecule has 4 heterocycles. The zero-order valence-corrected chi connectivity index (χ0v) is 19.7. The minimum atomic E-state index is -0.685. The molecule has 11 heteroatoms. The van der Waals surface area contributed by atoms with Gasteiger partial charge in [-0.05, 0) is 36.6 Å². The van der Waals surface area contributed by atoms with Crippen LogP contribution in [0.3, 0.4) is 0 Å². The van der Waals surface area contributed by atoms with Crippen LogP contribution in [0, 0.1) is 16.0 Å². The highest BCUT2D eigenvalue weighted by molar-refractivity contribution is 6.34. The number of carbonyl (C=O) groups is 2. The van der Waals surface area contributed by atoms with Gasteiger partial charge in [-0.25, -0.2) is 0 Å². The Bertz CT molecular complexity index is 1440. The number of non-ortho nitro benzene ring substituents is 1. The minimum absolute atomic E-state index is 0.0000290. The molecule has 1 aromatic carbocycles. The van der Waals surface area contributed by atoms with Gasteiger partial charge in [0.1, 0.15) is 11.5 Å². The molecule has 2 aliphatic rings. The fourth-order valence-corrected chi connectivity index (χ4v) is 5.15. The van der Waals surface area contributed by atoms with Crippen LogP contribution in [0.5, 0.6) is 0 Å². The first-order valence-corrected chi connectivity index (χ1v) is 11.7. The van der Waals surface area contributed by atoms with E-state index in [1.54, 1.807) is 27.7 Å². The van der Waals surface area contributed by atoms with Crippen LogP contribution in [0.15, 0.2) is 69.7 Å². The molecular weight excluding hydrogens is 488 g/mol. The average molecular weight is 509 g/mol. The summed E-state index contributed by atoms with van der Waals surface area (Å²) in [5.41, 5.74) is 0.569. The number of likely N-dealkylation sites (tertiary alicyclic amines) is 1. The molecular formula is C25H21ClN4O6. The van der Waals surface area contributed by atoms with E-state index in [0.717, 1.165) is 18.2 Å². The molecule has 0 radical (unpaired) electrons. The Balaban J connectivity index is 1.42. The molecule has 10 nitrogen and oxygen atoms in total. The summed E-state index contributed by atoms with van der Waals surface area (Å²) < 4.78 is 7.13. The monoisotopic (exact) mass is 508 g/mol. The molecule has 0 saturated carbocycles. The van der Waals surface area contributed by atoms with Crippen molar-refractivity contribution in [2.45, 2.75) is 18.9 Å². The lowest BCUT2D eigenvalue weighted by molar-refractivity contribution is -0.384. The van der Waals surface area contributed by atoms with Gasteiger partial charge in [-0.1, -0.05) is 17.7 Å². The maximum atomic E-state index is 13.6. The number of benzene rings is 1. The van der Waals surface area contributed by atoms with Crippen molar-refractivity contribution in [1.82, 2.24) is 14.8 Å². The number of nitrogens with one attached hydrogen (secondary N) is 1. The first kappa shape index (κ1) is 23.6. The highest BCUT2D eigenvalue weighted by Crippen LogP contribution is 2.35. The Kier molecular flexibility index (Phi) is 6.19. The maximum Gasteiger partial charge on any atom is 0.270 e. The summed E-state index contributed by atoms with van der Waals surface area (Å²) in [4.78, 5) is 51.0. The summed E-state index contributed by atoms with van der Waals surface area (Å²) in [6.07, 6.45) is 3.75. The SMILES string of the molecule is O=C(NC(=Cc1ccco1)C(=O)N1CC2CC(C1)c1cccc(=O)n1C2)c1ccc([N+](=O)[O-])cc1Cl. The molecule has 0 spiro atoms. The Hall–Kier alpha value is -4.18. The lowest BCUT2D eigenvalue weighted by Crippen LogP contribution is -2.50. The molecule has 2 bridgehead atoms. The summed E-state index contributed by atoms with van der Waals surface area (Å²) in [5.74, 6) is -0.623. The van der Waals surface area contributed by atoms with Crippen LogP contribution in [0.2, 0.25) is 5.02 Å². The van der Waals surface area contributed by atoms with Crippen LogP contribution >= 0.6 is 11.6 Å². The summed E-state index contributed by atoms with van der Waals surface area (Å²) in [6, 6.07) is 12.0. The standard InChI is InChI=1S/C25H21ClN4O6/c26-20-10-17(30(34)35)6-7-19(20)24(32)27-21(11-18-3-2-8-36-18)25(33)28-12-15-9-16(14-28)22-4-1-5-23(31)29(22)13-15/h1-8,10-11,15-16H,9,12-14H2,(H,27,32). The van der Waals surface area contributed by atoms with Crippen LogP contribution in [0.25, 0.3) is 6.08 Å². The largest absolute Gasteiger partial charge is 0.465 e. The van der Waals surface area contributed by atoms with Crippen LogP contribution in [-0.4, -0.2) is 39.3 Å². The number of furan rings is 1. The van der Waals surface area contributed by atoms with E-state index in [4.69, 9.17) is 16.0 Å². The first-order valence-electron chi connectivity index (χ1n) is 11.3. The fraction of sp³-hybridized carbons (Fsp3) is 0.240. The van der Waals surface area contributed by atoms with Crippen LogP contribution in [0.1, 0.15) is 34.2 Å². The normalized spacial score (nSPS) is 18.9. The van der Waals surface area contributed by atoms with E-state index in [0.29, 0.717) is 25.4 Å². The van der Waals surface area contributed by atoms with Crippen molar-refractivity contribution in [3.8, 4) is 0 Å². The molecule has 1 fully saturated rings. The van der Waals surface area contributed by atoms with Gasteiger partial charge in [-0.15, -0.1) is 0 Å². The number of aromatic nitrogens is 1. The number of piperidine rings is 1. The summed E-state index contributed by atoms with van der Waals surface area (Å²) in [6.45, 7) is 1.35. The van der Waals surface area contributed by atoms with E-state index in [1.165, 1.54) is 30.5 Å².